The predicted octanol–water partition coefficient (Wildman–Crippen LogP) is 2.79. The van der Waals surface area contributed by atoms with Crippen molar-refractivity contribution in [3.63, 3.8) is 0 Å². The predicted molar refractivity (Wildman–Crippen MR) is 137 cm³/mol. The van der Waals surface area contributed by atoms with Crippen LogP contribution in [0.3, 0.4) is 0 Å². The Bertz CT molecular complexity index is 1630. The Labute approximate surface area is 222 Å². The van der Waals surface area contributed by atoms with Crippen molar-refractivity contribution in [2.24, 2.45) is 11.8 Å². The first-order valence-corrected chi connectivity index (χ1v) is 12.5. The highest BCUT2D eigenvalue weighted by Gasteiger charge is 2.60. The minimum atomic E-state index is -1.00. The van der Waals surface area contributed by atoms with Crippen molar-refractivity contribution in [3.05, 3.63) is 71.3 Å². The number of rotatable bonds is 6. The normalized spacial score (nSPS) is 23.3. The number of phenols is 1. The summed E-state index contributed by atoms with van der Waals surface area (Å²) in [5.74, 6) is 4.78. The van der Waals surface area contributed by atoms with Crippen molar-refractivity contribution < 1.29 is 28.8 Å². The van der Waals surface area contributed by atoms with E-state index < -0.39 is 23.8 Å². The summed E-state index contributed by atoms with van der Waals surface area (Å²) >= 11 is 0. The van der Waals surface area contributed by atoms with Gasteiger partial charge in [-0.3, -0.25) is 0 Å². The molecule has 39 heavy (non-hydrogen) atoms. The molecule has 11 heteroatoms. The Morgan fingerprint density at radius 3 is 2.64 bits per heavy atom. The molecule has 4 N–H and O–H groups in total. The molecule has 2 aliphatic carbocycles. The van der Waals surface area contributed by atoms with Gasteiger partial charge in [0.1, 0.15) is 6.10 Å². The number of fused-ring (bicyclic) bond motifs is 2. The number of nitrogens with one attached hydrogen (secondary N) is 1. The molecule has 2 aromatic heterocycles. The number of anilines is 1. The lowest BCUT2D eigenvalue weighted by atomic mass is 10.1. The molecule has 0 bridgehead atoms. The summed E-state index contributed by atoms with van der Waals surface area (Å²) in [6, 6.07) is 8.09. The fourth-order valence-corrected chi connectivity index (χ4v) is 5.32. The zero-order valence-corrected chi connectivity index (χ0v) is 20.8. The summed E-state index contributed by atoms with van der Waals surface area (Å²) in [6.45, 7) is 0.457. The molecular formula is C28H25F2N5O4. The highest BCUT2D eigenvalue weighted by atomic mass is 19.2. The molecule has 2 fully saturated rings. The second-order valence-corrected chi connectivity index (χ2v) is 9.82. The summed E-state index contributed by atoms with van der Waals surface area (Å²) in [5.41, 5.74) is 2.10. The molecular weight excluding hydrogens is 508 g/mol. The molecule has 2 saturated carbocycles. The van der Waals surface area contributed by atoms with Gasteiger partial charge in [0.2, 0.25) is 5.82 Å². The maximum absolute atomic E-state index is 13.7. The summed E-state index contributed by atoms with van der Waals surface area (Å²) in [4.78, 5) is 13.6. The average molecular weight is 534 g/mol. The molecule has 0 spiro atoms. The second-order valence-electron chi connectivity index (χ2n) is 9.82. The number of aliphatic hydroxyl groups is 2. The van der Waals surface area contributed by atoms with Crippen molar-refractivity contribution in [2.45, 2.75) is 31.1 Å². The van der Waals surface area contributed by atoms with Crippen LogP contribution in [-0.4, -0.2) is 60.7 Å². The van der Waals surface area contributed by atoms with Crippen LogP contribution >= 0.6 is 0 Å². The zero-order valence-electron chi connectivity index (χ0n) is 20.8. The van der Waals surface area contributed by atoms with Gasteiger partial charge in [-0.15, -0.1) is 0 Å². The molecule has 0 unspecified atom stereocenters. The van der Waals surface area contributed by atoms with Gasteiger partial charge < -0.3 is 29.9 Å². The van der Waals surface area contributed by atoms with E-state index in [1.807, 2.05) is 0 Å². The molecule has 200 valence electrons. The van der Waals surface area contributed by atoms with Gasteiger partial charge in [-0.2, -0.15) is 0 Å². The van der Waals surface area contributed by atoms with Crippen LogP contribution in [0.1, 0.15) is 29.4 Å². The monoisotopic (exact) mass is 533 g/mol. The average Bonchev–Trinajstić information content (AvgIpc) is 3.54. The number of aliphatic hydroxyl groups excluding tert-OH is 2. The van der Waals surface area contributed by atoms with Crippen LogP contribution in [0, 0.1) is 35.3 Å². The van der Waals surface area contributed by atoms with Crippen molar-refractivity contribution in [2.75, 3.05) is 19.0 Å². The van der Waals surface area contributed by atoms with Gasteiger partial charge in [-0.25, -0.2) is 23.7 Å². The van der Waals surface area contributed by atoms with Gasteiger partial charge >= 0.3 is 0 Å². The van der Waals surface area contributed by atoms with E-state index in [9.17, 15) is 24.1 Å². The Kier molecular flexibility index (Phi) is 6.29. The van der Waals surface area contributed by atoms with Gasteiger partial charge in [0.05, 0.1) is 25.6 Å². The van der Waals surface area contributed by atoms with Crippen molar-refractivity contribution in [1.82, 2.24) is 19.5 Å². The Morgan fingerprint density at radius 1 is 1.05 bits per heavy atom. The molecule has 0 amide bonds. The summed E-state index contributed by atoms with van der Waals surface area (Å²) in [6.07, 6.45) is 1.24. The number of benzene rings is 2. The van der Waals surface area contributed by atoms with E-state index in [-0.39, 0.29) is 35.0 Å². The van der Waals surface area contributed by atoms with Crippen LogP contribution in [0.4, 0.5) is 14.6 Å². The molecule has 0 radical (unpaired) electrons. The van der Waals surface area contributed by atoms with E-state index in [1.54, 1.807) is 29.1 Å². The zero-order chi connectivity index (χ0) is 27.3. The van der Waals surface area contributed by atoms with E-state index in [0.29, 0.717) is 35.7 Å². The topological polar surface area (TPSA) is 126 Å². The number of phenolic OH excluding ortho intramolecular Hbond substituents is 1. The van der Waals surface area contributed by atoms with E-state index in [1.165, 1.54) is 13.2 Å². The number of nitrogens with zero attached hydrogens (tertiary/aromatic N) is 4. The molecule has 4 aromatic rings. The lowest BCUT2D eigenvalue weighted by Gasteiger charge is -2.22. The van der Waals surface area contributed by atoms with Gasteiger partial charge in [-0.05, 0) is 66.5 Å². The smallest absolute Gasteiger partial charge is 0.209 e. The third-order valence-electron chi connectivity index (χ3n) is 7.40. The number of aromatic nitrogens is 4. The molecule has 0 saturated heterocycles. The van der Waals surface area contributed by atoms with Gasteiger partial charge in [0.15, 0.2) is 40.1 Å². The van der Waals surface area contributed by atoms with Gasteiger partial charge in [0.25, 0.3) is 0 Å². The number of ether oxygens (including phenoxy) is 1. The Balaban J connectivity index is 1.34. The van der Waals surface area contributed by atoms with Crippen LogP contribution in [0.5, 0.6) is 11.5 Å². The van der Waals surface area contributed by atoms with Gasteiger partial charge in [-0.1, -0.05) is 12.0 Å². The summed E-state index contributed by atoms with van der Waals surface area (Å²) in [5, 5.41) is 34.1. The number of hydrogen-bond donors (Lipinski definition) is 4. The molecule has 2 aliphatic rings. The standard InChI is InChI=1S/C28H25F2N5O4/c1-39-21-11-15(3-6-20(21)36)8-9-31-27-23-28(35(13-32-23)24-16-12-17(16)25(37)26(24)38)34-22(33-27)7-4-14-2-5-18(29)19(30)10-14/h2-3,5-6,10-11,13,16-17,24-26,36-38H,8-9,12H2,1H3,(H,31,33,34)/t16-,17+,24+,25+,26-/m0/s1. The maximum atomic E-state index is 13.7. The van der Waals surface area contributed by atoms with Crippen molar-refractivity contribution in [3.8, 4) is 23.3 Å². The Hall–Kier alpha value is -4.27. The largest absolute Gasteiger partial charge is 0.504 e. The van der Waals surface area contributed by atoms with E-state index in [4.69, 9.17) is 4.74 Å². The minimum absolute atomic E-state index is 0.0526. The number of methoxy groups -OCH3 is 1. The fraction of sp³-hybridized carbons (Fsp3) is 0.321. The first kappa shape index (κ1) is 25.0. The SMILES string of the molecule is COc1cc(CCNc2nc(C#Cc3ccc(F)c(F)c3)nc3c2ncn3[C@H]2[C@H](O)[C@H](O)[C@@H]3C[C@@H]32)ccc1O. The van der Waals surface area contributed by atoms with Crippen LogP contribution in [0.25, 0.3) is 11.2 Å². The van der Waals surface area contributed by atoms with Crippen LogP contribution in [-0.2, 0) is 6.42 Å². The number of halogens is 2. The van der Waals surface area contributed by atoms with Crippen LogP contribution in [0.2, 0.25) is 0 Å². The van der Waals surface area contributed by atoms with E-state index >= 15 is 0 Å². The highest BCUT2D eigenvalue weighted by Crippen LogP contribution is 2.57. The summed E-state index contributed by atoms with van der Waals surface area (Å²) < 4.78 is 33.9. The van der Waals surface area contributed by atoms with Crippen LogP contribution in [0.15, 0.2) is 42.7 Å². The fourth-order valence-electron chi connectivity index (χ4n) is 5.32. The molecule has 2 heterocycles. The molecule has 5 atom stereocenters. The minimum Gasteiger partial charge on any atom is -0.504 e. The lowest BCUT2D eigenvalue weighted by molar-refractivity contribution is 0.00386. The lowest BCUT2D eigenvalue weighted by Crippen LogP contribution is -2.31. The number of hydrogen-bond acceptors (Lipinski definition) is 8. The molecule has 2 aromatic carbocycles. The third kappa shape index (κ3) is 4.62. The van der Waals surface area contributed by atoms with E-state index in [2.05, 4.69) is 32.1 Å². The molecule has 9 nitrogen and oxygen atoms in total. The summed E-state index contributed by atoms with van der Waals surface area (Å²) in [7, 11) is 1.48. The number of imidazole rings is 1. The van der Waals surface area contributed by atoms with Crippen molar-refractivity contribution >= 4 is 17.0 Å². The quantitative estimate of drug-likeness (QED) is 0.279. The highest BCUT2D eigenvalue weighted by molar-refractivity contribution is 5.83. The van der Waals surface area contributed by atoms with Crippen LogP contribution < -0.4 is 10.1 Å². The first-order chi connectivity index (χ1) is 18.8. The first-order valence-electron chi connectivity index (χ1n) is 12.5. The second kappa shape index (κ2) is 9.80. The Morgan fingerprint density at radius 2 is 1.90 bits per heavy atom. The molecule has 0 aliphatic heterocycles. The van der Waals surface area contributed by atoms with Crippen molar-refractivity contribution in [1.29, 1.82) is 0 Å². The number of aromatic hydroxyl groups is 1. The van der Waals surface area contributed by atoms with Gasteiger partial charge in [0, 0.05) is 12.1 Å². The maximum Gasteiger partial charge on any atom is 0.209 e. The van der Waals surface area contributed by atoms with E-state index in [0.717, 1.165) is 24.1 Å². The third-order valence-corrected chi connectivity index (χ3v) is 7.40. The molecule has 6 rings (SSSR count).